The van der Waals surface area contributed by atoms with Gasteiger partial charge in [-0.2, -0.15) is 0 Å². The Balaban J connectivity index is 2.09. The molecule has 0 radical (unpaired) electrons. The molecule has 25 heavy (non-hydrogen) atoms. The molecule has 1 heterocycles. The van der Waals surface area contributed by atoms with Crippen LogP contribution in [-0.2, 0) is 10.5 Å². The lowest BCUT2D eigenvalue weighted by molar-refractivity contribution is -0.122. The number of carbonyl (C=O) groups is 2. The summed E-state index contributed by atoms with van der Waals surface area (Å²) in [6, 6.07) is 11.8. The van der Waals surface area contributed by atoms with Crippen molar-refractivity contribution in [2.24, 2.45) is 0 Å². The number of nitrogens with zero attached hydrogens (tertiary/aromatic N) is 1. The molecule has 0 unspecified atom stereocenters. The van der Waals surface area contributed by atoms with E-state index in [1.54, 1.807) is 28.0 Å². The average Bonchev–Trinajstić information content (AvgIpc) is 3.10. The van der Waals surface area contributed by atoms with E-state index in [0.717, 1.165) is 10.6 Å². The van der Waals surface area contributed by atoms with Crippen molar-refractivity contribution >= 4 is 34.9 Å². The van der Waals surface area contributed by atoms with E-state index in [2.05, 4.69) is 16.8 Å². The van der Waals surface area contributed by atoms with Crippen LogP contribution in [0, 0.1) is 0 Å². The van der Waals surface area contributed by atoms with Gasteiger partial charge in [-0.1, -0.05) is 18.2 Å². The number of thioether (sulfide) groups is 1. The Kier molecular flexibility index (Phi) is 7.52. The van der Waals surface area contributed by atoms with Crippen molar-refractivity contribution < 1.29 is 9.59 Å². The summed E-state index contributed by atoms with van der Waals surface area (Å²) in [4.78, 5) is 28.7. The number of thiophene rings is 1. The minimum absolute atomic E-state index is 0.0648. The summed E-state index contributed by atoms with van der Waals surface area (Å²) in [7, 11) is 0. The van der Waals surface area contributed by atoms with Crippen LogP contribution in [0.3, 0.4) is 0 Å². The molecule has 2 aromatic rings. The predicted octanol–water partition coefficient (Wildman–Crippen LogP) is 4.03. The van der Waals surface area contributed by atoms with E-state index in [-0.39, 0.29) is 24.4 Å². The molecule has 6 heteroatoms. The minimum Gasteiger partial charge on any atom is -0.352 e. The van der Waals surface area contributed by atoms with Crippen LogP contribution in [0.5, 0.6) is 0 Å². The van der Waals surface area contributed by atoms with Crippen molar-refractivity contribution in [3.05, 3.63) is 52.2 Å². The Hall–Kier alpha value is -1.79. The standard InChI is InChI=1S/C19H24N2O2S2/c1-4-21(12-18(22)20-14(2)3)19(23)16-9-5-6-10-17(16)25-13-15-8-7-11-24-15/h5-11,14H,4,12-13H2,1-3H3,(H,20,22). The van der Waals surface area contributed by atoms with Crippen LogP contribution in [-0.4, -0.2) is 35.8 Å². The summed E-state index contributed by atoms with van der Waals surface area (Å²) in [5.74, 6) is 0.603. The monoisotopic (exact) mass is 376 g/mol. The molecule has 0 aliphatic carbocycles. The highest BCUT2D eigenvalue weighted by Crippen LogP contribution is 2.28. The maximum atomic E-state index is 12.9. The van der Waals surface area contributed by atoms with Crippen LogP contribution in [0.4, 0.5) is 0 Å². The molecule has 0 spiro atoms. The van der Waals surface area contributed by atoms with Gasteiger partial charge in [0.05, 0.1) is 12.1 Å². The molecule has 0 saturated heterocycles. The van der Waals surface area contributed by atoms with Gasteiger partial charge in [0.25, 0.3) is 5.91 Å². The highest BCUT2D eigenvalue weighted by Gasteiger charge is 2.20. The molecule has 2 rings (SSSR count). The van der Waals surface area contributed by atoms with Crippen LogP contribution in [0.2, 0.25) is 0 Å². The average molecular weight is 377 g/mol. The Morgan fingerprint density at radius 3 is 2.60 bits per heavy atom. The first kappa shape index (κ1) is 19.5. The van der Waals surface area contributed by atoms with Gasteiger partial charge < -0.3 is 10.2 Å². The third-order valence-electron chi connectivity index (χ3n) is 3.52. The third-order valence-corrected chi connectivity index (χ3v) is 5.70. The van der Waals surface area contributed by atoms with E-state index >= 15 is 0 Å². The van der Waals surface area contributed by atoms with Gasteiger partial charge in [0.1, 0.15) is 0 Å². The largest absolute Gasteiger partial charge is 0.352 e. The summed E-state index contributed by atoms with van der Waals surface area (Å²) in [5, 5.41) is 4.89. The lowest BCUT2D eigenvalue weighted by Crippen LogP contribution is -2.42. The molecule has 0 aliphatic rings. The smallest absolute Gasteiger partial charge is 0.255 e. The van der Waals surface area contributed by atoms with E-state index in [9.17, 15) is 9.59 Å². The molecule has 0 bridgehead atoms. The summed E-state index contributed by atoms with van der Waals surface area (Å²) >= 11 is 3.37. The second-order valence-electron chi connectivity index (χ2n) is 5.91. The number of rotatable bonds is 8. The first-order valence-corrected chi connectivity index (χ1v) is 10.2. The van der Waals surface area contributed by atoms with Gasteiger partial charge in [-0.05, 0) is 44.4 Å². The topological polar surface area (TPSA) is 49.4 Å². The zero-order chi connectivity index (χ0) is 18.2. The third kappa shape index (κ3) is 5.90. The molecular weight excluding hydrogens is 352 g/mol. The summed E-state index contributed by atoms with van der Waals surface area (Å²) in [6.45, 7) is 6.28. The molecule has 1 aromatic carbocycles. The van der Waals surface area contributed by atoms with Gasteiger partial charge in [-0.25, -0.2) is 0 Å². The Morgan fingerprint density at radius 2 is 1.96 bits per heavy atom. The number of benzene rings is 1. The molecule has 2 amide bonds. The van der Waals surface area contributed by atoms with Gasteiger partial charge in [-0.3, -0.25) is 9.59 Å². The summed E-state index contributed by atoms with van der Waals surface area (Å²) < 4.78 is 0. The Bertz CT molecular complexity index is 699. The fourth-order valence-corrected chi connectivity index (χ4v) is 4.17. The van der Waals surface area contributed by atoms with Gasteiger partial charge >= 0.3 is 0 Å². The first-order valence-electron chi connectivity index (χ1n) is 8.34. The summed E-state index contributed by atoms with van der Waals surface area (Å²) in [6.07, 6.45) is 0. The number of carbonyl (C=O) groups excluding carboxylic acids is 2. The van der Waals surface area contributed by atoms with Crippen molar-refractivity contribution in [2.45, 2.75) is 37.5 Å². The molecule has 1 N–H and O–H groups in total. The number of nitrogens with one attached hydrogen (secondary N) is 1. The fourth-order valence-electron chi connectivity index (χ4n) is 2.35. The normalized spacial score (nSPS) is 10.7. The van der Waals surface area contributed by atoms with Gasteiger partial charge in [0, 0.05) is 28.1 Å². The molecule has 0 aliphatic heterocycles. The van der Waals surface area contributed by atoms with Crippen molar-refractivity contribution in [1.29, 1.82) is 0 Å². The van der Waals surface area contributed by atoms with Crippen LogP contribution in [0.15, 0.2) is 46.7 Å². The van der Waals surface area contributed by atoms with Crippen molar-refractivity contribution in [2.75, 3.05) is 13.1 Å². The molecule has 1 aromatic heterocycles. The van der Waals surface area contributed by atoms with E-state index < -0.39 is 0 Å². The number of likely N-dealkylation sites (N-methyl/N-ethyl adjacent to an activating group) is 1. The molecular formula is C19H24N2O2S2. The Morgan fingerprint density at radius 1 is 1.20 bits per heavy atom. The van der Waals surface area contributed by atoms with Crippen LogP contribution < -0.4 is 5.32 Å². The second-order valence-corrected chi connectivity index (χ2v) is 7.96. The fraction of sp³-hybridized carbons (Fsp3) is 0.368. The highest BCUT2D eigenvalue weighted by molar-refractivity contribution is 7.98. The van der Waals surface area contributed by atoms with Crippen molar-refractivity contribution in [1.82, 2.24) is 10.2 Å². The number of hydrogen-bond donors (Lipinski definition) is 1. The van der Waals surface area contributed by atoms with E-state index in [1.165, 1.54) is 4.88 Å². The molecule has 134 valence electrons. The maximum Gasteiger partial charge on any atom is 0.255 e. The number of amides is 2. The molecule has 0 fully saturated rings. The highest BCUT2D eigenvalue weighted by atomic mass is 32.2. The van der Waals surface area contributed by atoms with Crippen LogP contribution in [0.25, 0.3) is 0 Å². The van der Waals surface area contributed by atoms with Gasteiger partial charge in [0.15, 0.2) is 0 Å². The predicted molar refractivity (Wildman–Crippen MR) is 105 cm³/mol. The lowest BCUT2D eigenvalue weighted by atomic mass is 10.2. The summed E-state index contributed by atoms with van der Waals surface area (Å²) in [5.41, 5.74) is 0.656. The lowest BCUT2D eigenvalue weighted by Gasteiger charge is -2.22. The van der Waals surface area contributed by atoms with Gasteiger partial charge in [0.2, 0.25) is 5.91 Å². The van der Waals surface area contributed by atoms with Crippen molar-refractivity contribution in [3.63, 3.8) is 0 Å². The Labute approximate surface area is 157 Å². The first-order chi connectivity index (χ1) is 12.0. The maximum absolute atomic E-state index is 12.9. The zero-order valence-electron chi connectivity index (χ0n) is 14.8. The molecule has 0 saturated carbocycles. The molecule has 0 atom stereocenters. The molecule has 4 nitrogen and oxygen atoms in total. The number of hydrogen-bond acceptors (Lipinski definition) is 4. The van der Waals surface area contributed by atoms with E-state index in [0.29, 0.717) is 12.1 Å². The van der Waals surface area contributed by atoms with Crippen LogP contribution in [0.1, 0.15) is 36.0 Å². The van der Waals surface area contributed by atoms with Crippen molar-refractivity contribution in [3.8, 4) is 0 Å². The minimum atomic E-state index is -0.131. The van der Waals surface area contributed by atoms with Crippen LogP contribution >= 0.6 is 23.1 Å². The zero-order valence-corrected chi connectivity index (χ0v) is 16.5. The SMILES string of the molecule is CCN(CC(=O)NC(C)C)C(=O)c1ccccc1SCc1cccs1. The van der Waals surface area contributed by atoms with E-state index in [4.69, 9.17) is 0 Å². The second kappa shape index (κ2) is 9.63. The van der Waals surface area contributed by atoms with Gasteiger partial charge in [-0.15, -0.1) is 23.1 Å². The van der Waals surface area contributed by atoms with E-state index in [1.807, 2.05) is 51.1 Å². The quantitative estimate of drug-likeness (QED) is 0.708.